The summed E-state index contributed by atoms with van der Waals surface area (Å²) < 4.78 is 10.9. The lowest BCUT2D eigenvalue weighted by Gasteiger charge is -2.10. The van der Waals surface area contributed by atoms with E-state index < -0.39 is 0 Å². The standard InChI is InChI=1S/C14H12BrClO2/c1-17-12-3-5-13(6-4-12)18-14-7-2-11(16)8-10(14)9-15/h2-8H,9H2,1H3. The van der Waals surface area contributed by atoms with Crippen molar-refractivity contribution in [1.29, 1.82) is 0 Å². The number of hydrogen-bond donors (Lipinski definition) is 0. The van der Waals surface area contributed by atoms with Crippen LogP contribution in [-0.2, 0) is 5.33 Å². The first-order valence-electron chi connectivity index (χ1n) is 5.39. The second kappa shape index (κ2) is 6.12. The predicted octanol–water partition coefficient (Wildman–Crippen LogP) is 5.04. The predicted molar refractivity (Wildman–Crippen MR) is 77.2 cm³/mol. The lowest BCUT2D eigenvalue weighted by Crippen LogP contribution is -1.90. The van der Waals surface area contributed by atoms with Gasteiger partial charge in [0.15, 0.2) is 0 Å². The van der Waals surface area contributed by atoms with Crippen LogP contribution in [0.15, 0.2) is 42.5 Å². The molecule has 0 atom stereocenters. The van der Waals surface area contributed by atoms with E-state index in [0.717, 1.165) is 22.8 Å². The Balaban J connectivity index is 2.22. The van der Waals surface area contributed by atoms with Crippen LogP contribution in [0.25, 0.3) is 0 Å². The van der Waals surface area contributed by atoms with Crippen LogP contribution in [0.3, 0.4) is 0 Å². The molecule has 0 unspecified atom stereocenters. The molecule has 0 heterocycles. The van der Waals surface area contributed by atoms with Gasteiger partial charge in [0.25, 0.3) is 0 Å². The summed E-state index contributed by atoms with van der Waals surface area (Å²) in [4.78, 5) is 0. The molecule has 0 aromatic heterocycles. The van der Waals surface area contributed by atoms with Gasteiger partial charge in [-0.15, -0.1) is 0 Å². The Morgan fingerprint density at radius 3 is 2.33 bits per heavy atom. The minimum absolute atomic E-state index is 0.694. The quantitative estimate of drug-likeness (QED) is 0.733. The molecule has 0 aliphatic carbocycles. The molecular formula is C14H12BrClO2. The second-order valence-electron chi connectivity index (χ2n) is 3.66. The van der Waals surface area contributed by atoms with Crippen LogP contribution >= 0.6 is 27.5 Å². The SMILES string of the molecule is COc1ccc(Oc2ccc(Cl)cc2CBr)cc1. The number of alkyl halides is 1. The topological polar surface area (TPSA) is 18.5 Å². The van der Waals surface area contributed by atoms with Crippen molar-refractivity contribution >= 4 is 27.5 Å². The molecular weight excluding hydrogens is 316 g/mol. The van der Waals surface area contributed by atoms with Gasteiger partial charge in [-0.25, -0.2) is 0 Å². The highest BCUT2D eigenvalue weighted by Crippen LogP contribution is 2.30. The molecule has 0 aliphatic rings. The Labute approximate surface area is 120 Å². The van der Waals surface area contributed by atoms with E-state index in [1.807, 2.05) is 42.5 Å². The van der Waals surface area contributed by atoms with Gasteiger partial charge in [-0.2, -0.15) is 0 Å². The van der Waals surface area contributed by atoms with E-state index in [2.05, 4.69) is 15.9 Å². The molecule has 0 bridgehead atoms. The third-order valence-corrected chi connectivity index (χ3v) is 3.29. The number of methoxy groups -OCH3 is 1. The van der Waals surface area contributed by atoms with Crippen LogP contribution in [0.2, 0.25) is 5.02 Å². The van der Waals surface area contributed by atoms with E-state index in [-0.39, 0.29) is 0 Å². The molecule has 0 fully saturated rings. The first kappa shape index (κ1) is 13.2. The molecule has 0 spiro atoms. The zero-order valence-corrected chi connectivity index (χ0v) is 12.2. The lowest BCUT2D eigenvalue weighted by atomic mass is 10.2. The summed E-state index contributed by atoms with van der Waals surface area (Å²) in [6.07, 6.45) is 0. The minimum atomic E-state index is 0.694. The molecule has 18 heavy (non-hydrogen) atoms. The molecule has 4 heteroatoms. The minimum Gasteiger partial charge on any atom is -0.497 e. The third-order valence-electron chi connectivity index (χ3n) is 2.45. The first-order chi connectivity index (χ1) is 8.72. The fraction of sp³-hybridized carbons (Fsp3) is 0.143. The van der Waals surface area contributed by atoms with Gasteiger partial charge in [0.1, 0.15) is 17.2 Å². The molecule has 0 saturated carbocycles. The Morgan fingerprint density at radius 2 is 1.72 bits per heavy atom. The van der Waals surface area contributed by atoms with Gasteiger partial charge >= 0.3 is 0 Å². The molecule has 0 saturated heterocycles. The third kappa shape index (κ3) is 3.18. The van der Waals surface area contributed by atoms with Gasteiger partial charge in [-0.3, -0.25) is 0 Å². The summed E-state index contributed by atoms with van der Waals surface area (Å²) in [6, 6.07) is 13.0. The smallest absolute Gasteiger partial charge is 0.131 e. The van der Waals surface area contributed by atoms with Gasteiger partial charge in [-0.1, -0.05) is 27.5 Å². The van der Waals surface area contributed by atoms with E-state index in [0.29, 0.717) is 10.4 Å². The summed E-state index contributed by atoms with van der Waals surface area (Å²) in [6.45, 7) is 0. The van der Waals surface area contributed by atoms with Gasteiger partial charge in [0.2, 0.25) is 0 Å². The average molecular weight is 328 g/mol. The lowest BCUT2D eigenvalue weighted by molar-refractivity contribution is 0.412. The van der Waals surface area contributed by atoms with Crippen molar-refractivity contribution in [2.45, 2.75) is 5.33 Å². The van der Waals surface area contributed by atoms with Crippen LogP contribution in [0, 0.1) is 0 Å². The first-order valence-corrected chi connectivity index (χ1v) is 6.89. The Kier molecular flexibility index (Phi) is 4.50. The number of rotatable bonds is 4. The summed E-state index contributed by atoms with van der Waals surface area (Å²) in [7, 11) is 1.64. The van der Waals surface area contributed by atoms with Crippen molar-refractivity contribution in [2.24, 2.45) is 0 Å². The maximum Gasteiger partial charge on any atom is 0.131 e. The van der Waals surface area contributed by atoms with Crippen molar-refractivity contribution in [1.82, 2.24) is 0 Å². The van der Waals surface area contributed by atoms with Gasteiger partial charge < -0.3 is 9.47 Å². The molecule has 2 aromatic carbocycles. The summed E-state index contributed by atoms with van der Waals surface area (Å²) in [5.74, 6) is 2.36. The van der Waals surface area contributed by atoms with Crippen molar-refractivity contribution in [3.8, 4) is 17.2 Å². The van der Waals surface area contributed by atoms with Crippen LogP contribution in [0.5, 0.6) is 17.2 Å². The Morgan fingerprint density at radius 1 is 1.06 bits per heavy atom. The molecule has 0 N–H and O–H groups in total. The number of ether oxygens (including phenoxy) is 2. The zero-order valence-electron chi connectivity index (χ0n) is 9.82. The normalized spacial score (nSPS) is 10.2. The highest BCUT2D eigenvalue weighted by atomic mass is 79.9. The maximum atomic E-state index is 5.95. The fourth-order valence-corrected chi connectivity index (χ4v) is 2.16. The Hall–Kier alpha value is -1.19. The molecule has 2 aromatic rings. The van der Waals surface area contributed by atoms with Crippen molar-refractivity contribution < 1.29 is 9.47 Å². The van der Waals surface area contributed by atoms with Crippen LogP contribution in [-0.4, -0.2) is 7.11 Å². The molecule has 94 valence electrons. The number of halogens is 2. The zero-order chi connectivity index (χ0) is 13.0. The average Bonchev–Trinajstić information content (AvgIpc) is 2.41. The number of hydrogen-bond acceptors (Lipinski definition) is 2. The van der Waals surface area contributed by atoms with Crippen molar-refractivity contribution in [3.05, 3.63) is 53.1 Å². The number of benzene rings is 2. The molecule has 2 nitrogen and oxygen atoms in total. The van der Waals surface area contributed by atoms with Gasteiger partial charge in [0, 0.05) is 15.9 Å². The highest BCUT2D eigenvalue weighted by Gasteiger charge is 2.05. The molecule has 0 aliphatic heterocycles. The molecule has 2 rings (SSSR count). The van der Waals surface area contributed by atoms with Crippen LogP contribution in [0.1, 0.15) is 5.56 Å². The summed E-state index contributed by atoms with van der Waals surface area (Å²) in [5, 5.41) is 1.39. The van der Waals surface area contributed by atoms with Gasteiger partial charge in [-0.05, 0) is 42.5 Å². The van der Waals surface area contributed by atoms with E-state index in [1.54, 1.807) is 7.11 Å². The molecule has 0 amide bonds. The monoisotopic (exact) mass is 326 g/mol. The van der Waals surface area contributed by atoms with E-state index >= 15 is 0 Å². The van der Waals surface area contributed by atoms with Gasteiger partial charge in [0.05, 0.1) is 7.11 Å². The van der Waals surface area contributed by atoms with E-state index in [9.17, 15) is 0 Å². The second-order valence-corrected chi connectivity index (χ2v) is 4.66. The summed E-state index contributed by atoms with van der Waals surface area (Å²) >= 11 is 9.37. The largest absolute Gasteiger partial charge is 0.497 e. The van der Waals surface area contributed by atoms with Crippen LogP contribution in [0.4, 0.5) is 0 Å². The maximum absolute atomic E-state index is 5.95. The highest BCUT2D eigenvalue weighted by molar-refractivity contribution is 9.08. The van der Waals surface area contributed by atoms with E-state index in [1.165, 1.54) is 0 Å². The fourth-order valence-electron chi connectivity index (χ4n) is 1.52. The Bertz CT molecular complexity index is 526. The molecule has 0 radical (unpaired) electrons. The van der Waals surface area contributed by atoms with Crippen molar-refractivity contribution in [2.75, 3.05) is 7.11 Å². The summed E-state index contributed by atoms with van der Waals surface area (Å²) in [5.41, 5.74) is 1.01. The van der Waals surface area contributed by atoms with Crippen molar-refractivity contribution in [3.63, 3.8) is 0 Å². The van der Waals surface area contributed by atoms with Crippen LogP contribution < -0.4 is 9.47 Å². The van der Waals surface area contributed by atoms with E-state index in [4.69, 9.17) is 21.1 Å².